The van der Waals surface area contributed by atoms with Crippen molar-refractivity contribution in [2.24, 2.45) is 5.92 Å². The first-order valence-electron chi connectivity index (χ1n) is 4.97. The zero-order valence-electron chi connectivity index (χ0n) is 9.15. The molecule has 12 heavy (non-hydrogen) atoms. The third-order valence-corrected chi connectivity index (χ3v) is 2.00. The van der Waals surface area contributed by atoms with Crippen LogP contribution in [0.1, 0.15) is 41.0 Å². The minimum atomic E-state index is 0.588. The van der Waals surface area contributed by atoms with Gasteiger partial charge in [0.2, 0.25) is 0 Å². The van der Waals surface area contributed by atoms with E-state index in [2.05, 4.69) is 46.0 Å². The first-order chi connectivity index (χ1) is 5.56. The normalized spacial score (nSPS) is 15.3. The number of allylic oxidation sites excluding steroid dienone is 1. The number of rotatable bonds is 5. The molecule has 72 valence electrons. The molecular formula is C11H23N. The molecule has 0 aromatic heterocycles. The predicted molar refractivity (Wildman–Crippen MR) is 56.4 cm³/mol. The van der Waals surface area contributed by atoms with Crippen molar-refractivity contribution < 1.29 is 0 Å². The van der Waals surface area contributed by atoms with Gasteiger partial charge in [0, 0.05) is 12.6 Å². The van der Waals surface area contributed by atoms with Gasteiger partial charge in [0.05, 0.1) is 0 Å². The van der Waals surface area contributed by atoms with E-state index in [0.717, 1.165) is 12.5 Å². The molecule has 0 fully saturated rings. The Morgan fingerprint density at radius 3 is 2.33 bits per heavy atom. The van der Waals surface area contributed by atoms with E-state index in [1.54, 1.807) is 0 Å². The monoisotopic (exact) mass is 169 g/mol. The van der Waals surface area contributed by atoms with Crippen LogP contribution in [0.4, 0.5) is 0 Å². The second-order valence-corrected chi connectivity index (χ2v) is 3.93. The van der Waals surface area contributed by atoms with Crippen molar-refractivity contribution in [3.63, 3.8) is 0 Å². The topological polar surface area (TPSA) is 12.0 Å². The molecule has 0 saturated carbocycles. The van der Waals surface area contributed by atoms with Gasteiger partial charge in [0.1, 0.15) is 0 Å². The number of hydrogen-bond donors (Lipinski definition) is 1. The molecule has 0 spiro atoms. The fourth-order valence-electron chi connectivity index (χ4n) is 1.03. The molecule has 1 nitrogen and oxygen atoms in total. The van der Waals surface area contributed by atoms with Gasteiger partial charge < -0.3 is 5.32 Å². The van der Waals surface area contributed by atoms with Crippen LogP contribution in [0.2, 0.25) is 0 Å². The minimum absolute atomic E-state index is 0.588. The van der Waals surface area contributed by atoms with Crippen LogP contribution >= 0.6 is 0 Å². The molecule has 0 heterocycles. The summed E-state index contributed by atoms with van der Waals surface area (Å²) in [5.41, 5.74) is 1.46. The van der Waals surface area contributed by atoms with Gasteiger partial charge in [-0.25, -0.2) is 0 Å². The molecular weight excluding hydrogens is 146 g/mol. The lowest BCUT2D eigenvalue weighted by Gasteiger charge is -2.09. The van der Waals surface area contributed by atoms with E-state index >= 15 is 0 Å². The van der Waals surface area contributed by atoms with Gasteiger partial charge in [-0.2, -0.15) is 0 Å². The molecule has 1 N–H and O–H groups in total. The van der Waals surface area contributed by atoms with E-state index < -0.39 is 0 Å². The molecule has 0 radical (unpaired) electrons. The van der Waals surface area contributed by atoms with Crippen LogP contribution in [0.5, 0.6) is 0 Å². The summed E-state index contributed by atoms with van der Waals surface area (Å²) in [6.07, 6.45) is 3.59. The van der Waals surface area contributed by atoms with Gasteiger partial charge in [-0.05, 0) is 12.8 Å². The van der Waals surface area contributed by atoms with Gasteiger partial charge in [0.15, 0.2) is 0 Å². The van der Waals surface area contributed by atoms with Crippen LogP contribution < -0.4 is 5.32 Å². The standard InChI is InChI=1S/C11H23N/c1-6-10(4)7-11(5)8-12-9(2)3/h7,9-10,12H,6,8H2,1-5H3. The van der Waals surface area contributed by atoms with Gasteiger partial charge in [0.25, 0.3) is 0 Å². The van der Waals surface area contributed by atoms with Crippen molar-refractivity contribution in [3.8, 4) is 0 Å². The second-order valence-electron chi connectivity index (χ2n) is 3.93. The molecule has 0 bridgehead atoms. The molecule has 0 aliphatic carbocycles. The molecule has 0 aliphatic rings. The summed E-state index contributed by atoms with van der Waals surface area (Å²) in [7, 11) is 0. The zero-order chi connectivity index (χ0) is 9.56. The average molecular weight is 169 g/mol. The Balaban J connectivity index is 3.69. The second kappa shape index (κ2) is 6.24. The maximum Gasteiger partial charge on any atom is 0.0164 e. The first kappa shape index (κ1) is 11.7. The number of hydrogen-bond acceptors (Lipinski definition) is 1. The Bertz CT molecular complexity index is 136. The smallest absolute Gasteiger partial charge is 0.0164 e. The Morgan fingerprint density at radius 1 is 1.33 bits per heavy atom. The van der Waals surface area contributed by atoms with Crippen LogP contribution in [0, 0.1) is 5.92 Å². The summed E-state index contributed by atoms with van der Waals surface area (Å²) in [6.45, 7) is 12.1. The lowest BCUT2D eigenvalue weighted by molar-refractivity contribution is 0.614. The molecule has 0 amide bonds. The summed E-state index contributed by atoms with van der Waals surface area (Å²) in [5, 5.41) is 3.41. The van der Waals surface area contributed by atoms with Gasteiger partial charge >= 0.3 is 0 Å². The van der Waals surface area contributed by atoms with Gasteiger partial charge in [-0.3, -0.25) is 0 Å². The van der Waals surface area contributed by atoms with Crippen molar-refractivity contribution in [3.05, 3.63) is 11.6 Å². The SMILES string of the molecule is CCC(C)C=C(C)CNC(C)C. The highest BCUT2D eigenvalue weighted by Crippen LogP contribution is 2.05. The van der Waals surface area contributed by atoms with E-state index in [1.165, 1.54) is 12.0 Å². The zero-order valence-corrected chi connectivity index (χ0v) is 9.15. The largest absolute Gasteiger partial charge is 0.311 e. The number of nitrogens with one attached hydrogen (secondary N) is 1. The fraction of sp³-hybridized carbons (Fsp3) is 0.818. The third-order valence-electron chi connectivity index (χ3n) is 2.00. The molecule has 0 aromatic rings. The summed E-state index contributed by atoms with van der Waals surface area (Å²) < 4.78 is 0. The maximum absolute atomic E-state index is 3.41. The lowest BCUT2D eigenvalue weighted by Crippen LogP contribution is -2.24. The van der Waals surface area contributed by atoms with E-state index in [9.17, 15) is 0 Å². The van der Waals surface area contributed by atoms with Gasteiger partial charge in [-0.1, -0.05) is 45.8 Å². The van der Waals surface area contributed by atoms with Gasteiger partial charge in [-0.15, -0.1) is 0 Å². The van der Waals surface area contributed by atoms with Crippen LogP contribution in [-0.2, 0) is 0 Å². The van der Waals surface area contributed by atoms with Crippen LogP contribution in [0.15, 0.2) is 11.6 Å². The Hall–Kier alpha value is -0.300. The van der Waals surface area contributed by atoms with Crippen molar-refractivity contribution in [2.45, 2.75) is 47.1 Å². The summed E-state index contributed by atoms with van der Waals surface area (Å²) >= 11 is 0. The Labute approximate surface area is 77.2 Å². The van der Waals surface area contributed by atoms with Crippen LogP contribution in [-0.4, -0.2) is 12.6 Å². The molecule has 1 atom stereocenters. The highest BCUT2D eigenvalue weighted by atomic mass is 14.9. The highest BCUT2D eigenvalue weighted by Gasteiger charge is 1.96. The van der Waals surface area contributed by atoms with E-state index in [0.29, 0.717) is 6.04 Å². The third kappa shape index (κ3) is 6.41. The van der Waals surface area contributed by atoms with Crippen LogP contribution in [0.25, 0.3) is 0 Å². The van der Waals surface area contributed by atoms with Crippen LogP contribution in [0.3, 0.4) is 0 Å². The molecule has 0 saturated heterocycles. The van der Waals surface area contributed by atoms with Crippen molar-refractivity contribution in [1.29, 1.82) is 0 Å². The van der Waals surface area contributed by atoms with E-state index in [4.69, 9.17) is 0 Å². The summed E-state index contributed by atoms with van der Waals surface area (Å²) in [5.74, 6) is 0.721. The molecule has 0 aromatic carbocycles. The first-order valence-corrected chi connectivity index (χ1v) is 4.97. The fourth-order valence-corrected chi connectivity index (χ4v) is 1.03. The summed E-state index contributed by atoms with van der Waals surface area (Å²) in [6, 6.07) is 0.588. The lowest BCUT2D eigenvalue weighted by atomic mass is 10.1. The van der Waals surface area contributed by atoms with Crippen molar-refractivity contribution >= 4 is 0 Å². The molecule has 0 aliphatic heterocycles. The summed E-state index contributed by atoms with van der Waals surface area (Å²) in [4.78, 5) is 0. The molecule has 1 heteroatoms. The molecule has 1 unspecified atom stereocenters. The average Bonchev–Trinajstić information content (AvgIpc) is 2.00. The Kier molecular flexibility index (Phi) is 6.09. The minimum Gasteiger partial charge on any atom is -0.311 e. The maximum atomic E-state index is 3.41. The quantitative estimate of drug-likeness (QED) is 0.624. The van der Waals surface area contributed by atoms with E-state index in [-0.39, 0.29) is 0 Å². The van der Waals surface area contributed by atoms with E-state index in [1.807, 2.05) is 0 Å². The molecule has 0 rings (SSSR count). The predicted octanol–water partition coefficient (Wildman–Crippen LogP) is 2.98. The van der Waals surface area contributed by atoms with Crippen molar-refractivity contribution in [2.75, 3.05) is 6.54 Å². The van der Waals surface area contributed by atoms with Crippen molar-refractivity contribution in [1.82, 2.24) is 5.32 Å². The highest BCUT2D eigenvalue weighted by molar-refractivity contribution is 5.02. The Morgan fingerprint density at radius 2 is 1.92 bits per heavy atom.